The number of nitrogens with one attached hydrogen (secondary N) is 1. The van der Waals surface area contributed by atoms with Crippen LogP contribution in [0.3, 0.4) is 0 Å². The maximum atomic E-state index is 14.0. The fourth-order valence-corrected chi connectivity index (χ4v) is 3.70. The topological polar surface area (TPSA) is 64.1 Å². The van der Waals surface area contributed by atoms with E-state index in [-0.39, 0.29) is 17.8 Å². The van der Waals surface area contributed by atoms with Gasteiger partial charge in [0.1, 0.15) is 17.7 Å². The quantitative estimate of drug-likeness (QED) is 0.751. The Labute approximate surface area is 153 Å². The van der Waals surface area contributed by atoms with E-state index >= 15 is 0 Å². The van der Waals surface area contributed by atoms with Crippen LogP contribution in [0, 0.1) is 5.82 Å². The fourth-order valence-electron chi connectivity index (χ4n) is 3.00. The summed E-state index contributed by atoms with van der Waals surface area (Å²) in [5.41, 5.74) is 1.93. The molecule has 0 bridgehead atoms. The Hall–Kier alpha value is -2.80. The van der Waals surface area contributed by atoms with E-state index in [4.69, 9.17) is 4.74 Å². The summed E-state index contributed by atoms with van der Waals surface area (Å²) < 4.78 is 20.0. The van der Waals surface area contributed by atoms with E-state index in [1.807, 2.05) is 17.5 Å². The highest BCUT2D eigenvalue weighted by Gasteiger charge is 2.27. The zero-order valence-electron chi connectivity index (χ0n) is 13.8. The third kappa shape index (κ3) is 3.57. The fraction of sp³-hybridized carbons (Fsp3) is 0.211. The molecule has 0 spiro atoms. The molecule has 3 aromatic rings. The Morgan fingerprint density at radius 3 is 3.08 bits per heavy atom. The Balaban J connectivity index is 1.45. The number of rotatable bonds is 5. The highest BCUT2D eigenvalue weighted by Crippen LogP contribution is 2.38. The van der Waals surface area contributed by atoms with Gasteiger partial charge in [-0.05, 0) is 23.6 Å². The zero-order valence-corrected chi connectivity index (χ0v) is 14.6. The van der Waals surface area contributed by atoms with Crippen molar-refractivity contribution < 1.29 is 13.9 Å². The Bertz CT molecular complexity index is 916. The molecule has 3 heterocycles. The van der Waals surface area contributed by atoms with Crippen molar-refractivity contribution in [2.75, 3.05) is 6.54 Å². The number of hydrogen-bond donors (Lipinski definition) is 1. The average Bonchev–Trinajstić information content (AvgIpc) is 3.29. The van der Waals surface area contributed by atoms with Gasteiger partial charge in [0.15, 0.2) is 0 Å². The van der Waals surface area contributed by atoms with Gasteiger partial charge in [0, 0.05) is 34.8 Å². The van der Waals surface area contributed by atoms with Crippen molar-refractivity contribution in [3.8, 4) is 17.0 Å². The molecule has 0 unspecified atom stereocenters. The summed E-state index contributed by atoms with van der Waals surface area (Å²) in [5, 5.41) is 4.84. The van der Waals surface area contributed by atoms with E-state index in [0.717, 1.165) is 10.4 Å². The second-order valence-electron chi connectivity index (χ2n) is 6.04. The molecule has 5 nitrogen and oxygen atoms in total. The van der Waals surface area contributed by atoms with Gasteiger partial charge in [-0.2, -0.15) is 0 Å². The van der Waals surface area contributed by atoms with E-state index in [1.54, 1.807) is 29.9 Å². The van der Waals surface area contributed by atoms with E-state index in [9.17, 15) is 9.18 Å². The van der Waals surface area contributed by atoms with E-state index in [1.165, 1.54) is 12.1 Å². The molecular weight excluding hydrogens is 353 g/mol. The van der Waals surface area contributed by atoms with Crippen molar-refractivity contribution in [1.82, 2.24) is 15.3 Å². The Morgan fingerprint density at radius 2 is 2.31 bits per heavy atom. The van der Waals surface area contributed by atoms with Crippen LogP contribution in [0.2, 0.25) is 0 Å². The number of thiophene rings is 1. The van der Waals surface area contributed by atoms with Gasteiger partial charge in [0.2, 0.25) is 5.91 Å². The number of fused-ring (bicyclic) bond motifs is 1. The van der Waals surface area contributed by atoms with E-state index in [2.05, 4.69) is 15.3 Å². The maximum absolute atomic E-state index is 14.0. The minimum Gasteiger partial charge on any atom is -0.487 e. The van der Waals surface area contributed by atoms with Crippen molar-refractivity contribution >= 4 is 17.2 Å². The molecule has 132 valence electrons. The molecule has 0 radical (unpaired) electrons. The first-order valence-corrected chi connectivity index (χ1v) is 9.11. The summed E-state index contributed by atoms with van der Waals surface area (Å²) in [6.45, 7) is 0.375. The predicted molar refractivity (Wildman–Crippen MR) is 96.6 cm³/mol. The molecule has 26 heavy (non-hydrogen) atoms. The van der Waals surface area contributed by atoms with Crippen LogP contribution in [0.15, 0.2) is 48.2 Å². The number of halogens is 1. The van der Waals surface area contributed by atoms with Crippen LogP contribution in [0.4, 0.5) is 4.39 Å². The van der Waals surface area contributed by atoms with Gasteiger partial charge in [0.05, 0.1) is 24.9 Å². The molecule has 1 N–H and O–H groups in total. The Kier molecular flexibility index (Phi) is 4.62. The smallest absolute Gasteiger partial charge is 0.225 e. The lowest BCUT2D eigenvalue weighted by Gasteiger charge is -2.13. The van der Waals surface area contributed by atoms with Gasteiger partial charge in [-0.15, -0.1) is 11.3 Å². The molecule has 0 fully saturated rings. The van der Waals surface area contributed by atoms with Crippen LogP contribution in [0.1, 0.15) is 10.4 Å². The summed E-state index contributed by atoms with van der Waals surface area (Å²) in [6, 6.07) is 6.73. The van der Waals surface area contributed by atoms with Gasteiger partial charge in [-0.1, -0.05) is 6.07 Å². The molecule has 4 rings (SSSR count). The molecule has 7 heteroatoms. The molecular formula is C19H16FN3O2S. The first-order chi connectivity index (χ1) is 12.7. The van der Waals surface area contributed by atoms with Crippen LogP contribution in [-0.4, -0.2) is 28.5 Å². The number of hydrogen-bond acceptors (Lipinski definition) is 5. The van der Waals surface area contributed by atoms with Crippen LogP contribution in [-0.2, 0) is 17.6 Å². The standard InChI is InChI=1S/C19H16FN3O2S/c20-13-6-12-7-14(10-23-18(24)9-15-2-1-5-26-15)25-19(12)16(8-13)17-11-21-3-4-22-17/h1-6,8,11,14H,7,9-10H2,(H,23,24)/t14-/m1/s1. The molecule has 1 atom stereocenters. The maximum Gasteiger partial charge on any atom is 0.225 e. The Morgan fingerprint density at radius 1 is 1.38 bits per heavy atom. The molecule has 0 saturated heterocycles. The lowest BCUT2D eigenvalue weighted by molar-refractivity contribution is -0.120. The van der Waals surface area contributed by atoms with Crippen molar-refractivity contribution in [3.63, 3.8) is 0 Å². The summed E-state index contributed by atoms with van der Waals surface area (Å²) in [5.74, 6) is 0.229. The third-order valence-corrected chi connectivity index (χ3v) is 5.02. The van der Waals surface area contributed by atoms with E-state index in [0.29, 0.717) is 36.4 Å². The van der Waals surface area contributed by atoms with Crippen molar-refractivity contribution in [3.05, 3.63) is 64.5 Å². The number of benzene rings is 1. The monoisotopic (exact) mass is 369 g/mol. The highest BCUT2D eigenvalue weighted by molar-refractivity contribution is 7.10. The number of ether oxygens (including phenoxy) is 1. The summed E-state index contributed by atoms with van der Waals surface area (Å²) in [6.07, 6.45) is 5.37. The summed E-state index contributed by atoms with van der Waals surface area (Å²) in [4.78, 5) is 21.3. The van der Waals surface area contributed by atoms with Crippen molar-refractivity contribution in [2.45, 2.75) is 18.9 Å². The first-order valence-electron chi connectivity index (χ1n) is 8.23. The lowest BCUT2D eigenvalue weighted by Crippen LogP contribution is -2.35. The predicted octanol–water partition coefficient (Wildman–Crippen LogP) is 3.01. The normalized spacial score (nSPS) is 15.3. The molecule has 1 aromatic carbocycles. The van der Waals surface area contributed by atoms with Gasteiger partial charge in [0.25, 0.3) is 0 Å². The number of nitrogens with zero attached hydrogens (tertiary/aromatic N) is 2. The largest absolute Gasteiger partial charge is 0.487 e. The summed E-state index contributed by atoms with van der Waals surface area (Å²) >= 11 is 1.55. The van der Waals surface area contributed by atoms with Crippen LogP contribution < -0.4 is 10.1 Å². The first kappa shape index (κ1) is 16.7. The van der Waals surface area contributed by atoms with Gasteiger partial charge < -0.3 is 10.1 Å². The second-order valence-corrected chi connectivity index (χ2v) is 7.07. The molecule has 1 aliphatic heterocycles. The SMILES string of the molecule is O=C(Cc1cccs1)NC[C@H]1Cc2cc(F)cc(-c3cnccn3)c2O1. The van der Waals surface area contributed by atoms with Gasteiger partial charge in [-0.3, -0.25) is 14.8 Å². The number of carbonyl (C=O) groups excluding carboxylic acids is 1. The minimum atomic E-state index is -0.338. The number of amides is 1. The lowest BCUT2D eigenvalue weighted by atomic mass is 10.0. The summed E-state index contributed by atoms with van der Waals surface area (Å²) in [7, 11) is 0. The average molecular weight is 369 g/mol. The van der Waals surface area contributed by atoms with Crippen molar-refractivity contribution in [1.29, 1.82) is 0 Å². The van der Waals surface area contributed by atoms with Crippen LogP contribution in [0.25, 0.3) is 11.3 Å². The van der Waals surface area contributed by atoms with Crippen molar-refractivity contribution in [2.24, 2.45) is 0 Å². The molecule has 1 amide bonds. The van der Waals surface area contributed by atoms with E-state index < -0.39 is 0 Å². The molecule has 0 aliphatic carbocycles. The number of aromatic nitrogens is 2. The van der Waals surface area contributed by atoms with Gasteiger partial charge in [-0.25, -0.2) is 4.39 Å². The second kappa shape index (κ2) is 7.21. The molecule has 1 aliphatic rings. The van der Waals surface area contributed by atoms with Crippen LogP contribution in [0.5, 0.6) is 5.75 Å². The molecule has 2 aromatic heterocycles. The number of carbonyl (C=O) groups is 1. The zero-order chi connectivity index (χ0) is 17.9. The molecule has 0 saturated carbocycles. The third-order valence-electron chi connectivity index (χ3n) is 4.14. The highest BCUT2D eigenvalue weighted by atomic mass is 32.1. The van der Waals surface area contributed by atoms with Gasteiger partial charge >= 0.3 is 0 Å². The van der Waals surface area contributed by atoms with Crippen LogP contribution >= 0.6 is 11.3 Å². The minimum absolute atomic E-state index is 0.0488.